The van der Waals surface area contributed by atoms with E-state index in [4.69, 9.17) is 22.6 Å². The second-order valence-corrected chi connectivity index (χ2v) is 14.6. The van der Waals surface area contributed by atoms with Gasteiger partial charge in [0.1, 0.15) is 36.3 Å². The normalized spacial score (nSPS) is 14.6. The molecular weight excluding hydrogens is 758 g/mol. The van der Waals surface area contributed by atoms with Crippen molar-refractivity contribution < 1.29 is 48.6 Å². The van der Waals surface area contributed by atoms with E-state index >= 15 is 0 Å². The summed E-state index contributed by atoms with van der Waals surface area (Å²) in [7, 11) is 0. The van der Waals surface area contributed by atoms with E-state index in [1.807, 2.05) is 13.8 Å². The Balaban J connectivity index is 3.24. The molecule has 0 saturated heterocycles. The summed E-state index contributed by atoms with van der Waals surface area (Å²) in [5.74, 6) is -8.09. The molecule has 0 aromatic heterocycles. The lowest BCUT2D eigenvalue weighted by Gasteiger charge is -2.28. The van der Waals surface area contributed by atoms with Crippen molar-refractivity contribution >= 4 is 53.3 Å². The summed E-state index contributed by atoms with van der Waals surface area (Å²) in [5, 5.41) is 44.4. The Morgan fingerprint density at radius 2 is 1.22 bits per heavy atom. The Morgan fingerprint density at radius 1 is 0.690 bits per heavy atom. The molecule has 7 amide bonds. The van der Waals surface area contributed by atoms with Crippen molar-refractivity contribution in [3.05, 3.63) is 35.9 Å². The number of amides is 7. The van der Waals surface area contributed by atoms with Gasteiger partial charge >= 0.3 is 5.97 Å². The van der Waals surface area contributed by atoms with Gasteiger partial charge in [0.25, 0.3) is 0 Å². The molecule has 0 saturated carbocycles. The number of nitrogens with one attached hydrogen (secondary N) is 8. The first-order valence-electron chi connectivity index (χ1n) is 19.0. The van der Waals surface area contributed by atoms with Crippen LogP contribution in [0.1, 0.15) is 72.3 Å². The maximum absolute atomic E-state index is 13.8. The first kappa shape index (κ1) is 50.2. The minimum Gasteiger partial charge on any atom is -0.480 e. The first-order valence-corrected chi connectivity index (χ1v) is 19.0. The summed E-state index contributed by atoms with van der Waals surface area (Å²) >= 11 is 0. The van der Waals surface area contributed by atoms with Crippen LogP contribution in [0.4, 0.5) is 0 Å². The van der Waals surface area contributed by atoms with Crippen molar-refractivity contribution in [3.8, 4) is 0 Å². The lowest BCUT2D eigenvalue weighted by molar-refractivity contribution is -0.142. The van der Waals surface area contributed by atoms with E-state index in [2.05, 4.69) is 37.2 Å². The third-order valence-electron chi connectivity index (χ3n) is 8.70. The molecule has 0 aliphatic rings. The maximum atomic E-state index is 13.8. The molecule has 0 fully saturated rings. The number of carboxylic acid groups (broad SMARTS) is 1. The standard InChI is InChI=1S/C37H61N11O10/c1-19(2)16-23(38)31(52)43-21(5)30(51)47-27(18-49)34(55)45-25(13-14-28(39)50)32(53)44-24(12-9-15-42-37(40)41)33(54)48-29(20(3)4)35(56)46-26(36(57)58)17-22-10-7-6-8-11-22/h6-8,10-11,19-21,23-27,29,49H,9,12-18,38H2,1-5H3,(H2,39,50)(H,43,52)(H,44,53)(H,45,55)(H,46,56)(H,47,51)(H,48,54)(H,57,58)(H4,40,41,42)/t21-,23-,24-,25-,26-,27-,29-/m0/s1. The molecule has 0 heterocycles. The maximum Gasteiger partial charge on any atom is 0.326 e. The number of carboxylic acids is 1. The molecule has 16 N–H and O–H groups in total. The van der Waals surface area contributed by atoms with Crippen molar-refractivity contribution in [2.45, 2.75) is 115 Å². The van der Waals surface area contributed by atoms with E-state index in [0.29, 0.717) is 12.0 Å². The lowest BCUT2D eigenvalue weighted by atomic mass is 10.00. The summed E-state index contributed by atoms with van der Waals surface area (Å²) in [6, 6.07) is -0.626. The molecule has 1 rings (SSSR count). The highest BCUT2D eigenvalue weighted by Gasteiger charge is 2.34. The average Bonchev–Trinajstić information content (AvgIpc) is 3.14. The van der Waals surface area contributed by atoms with Crippen molar-refractivity contribution in [1.29, 1.82) is 5.41 Å². The zero-order chi connectivity index (χ0) is 44.1. The van der Waals surface area contributed by atoms with Crippen LogP contribution >= 0.6 is 0 Å². The lowest BCUT2D eigenvalue weighted by Crippen LogP contribution is -2.60. The molecule has 21 heteroatoms. The van der Waals surface area contributed by atoms with Crippen molar-refractivity contribution in [2.75, 3.05) is 13.2 Å². The molecule has 58 heavy (non-hydrogen) atoms. The molecule has 0 unspecified atom stereocenters. The fraction of sp³-hybridized carbons (Fsp3) is 0.595. The number of carbonyl (C=O) groups excluding carboxylic acids is 7. The highest BCUT2D eigenvalue weighted by molar-refractivity contribution is 5.97. The van der Waals surface area contributed by atoms with Crippen LogP contribution in [0.2, 0.25) is 0 Å². The number of guanidine groups is 1. The van der Waals surface area contributed by atoms with Gasteiger partial charge in [-0.1, -0.05) is 58.0 Å². The fourth-order valence-corrected chi connectivity index (χ4v) is 5.49. The number of aliphatic hydroxyl groups is 1. The predicted octanol–water partition coefficient (Wildman–Crippen LogP) is -3.21. The largest absolute Gasteiger partial charge is 0.480 e. The van der Waals surface area contributed by atoms with Gasteiger partial charge in [-0.25, -0.2) is 4.79 Å². The molecular formula is C37H61N11O10. The summed E-state index contributed by atoms with van der Waals surface area (Å²) in [6.07, 6.45) is -0.394. The smallest absolute Gasteiger partial charge is 0.326 e. The Bertz CT molecular complexity index is 1580. The second-order valence-electron chi connectivity index (χ2n) is 14.6. The summed E-state index contributed by atoms with van der Waals surface area (Å²) in [6.45, 7) is 7.47. The third kappa shape index (κ3) is 18.9. The fourth-order valence-electron chi connectivity index (χ4n) is 5.49. The number of rotatable bonds is 26. The van der Waals surface area contributed by atoms with Gasteiger partial charge in [0, 0.05) is 19.4 Å². The van der Waals surface area contributed by atoms with Crippen LogP contribution in [0, 0.1) is 17.2 Å². The van der Waals surface area contributed by atoms with Gasteiger partial charge in [0.2, 0.25) is 41.4 Å². The number of hydrogen-bond donors (Lipinski definition) is 13. The molecule has 0 aliphatic carbocycles. The quantitative estimate of drug-likeness (QED) is 0.0249. The molecule has 0 spiro atoms. The van der Waals surface area contributed by atoms with Gasteiger partial charge in [-0.15, -0.1) is 0 Å². The zero-order valence-electron chi connectivity index (χ0n) is 33.6. The minimum atomic E-state index is -1.63. The molecule has 0 radical (unpaired) electrons. The van der Waals surface area contributed by atoms with Gasteiger partial charge < -0.3 is 64.6 Å². The SMILES string of the molecule is CC(C)C[C@H](N)C(=O)N[C@@H](C)C(=O)N[C@@H](CO)C(=O)N[C@@H](CCC(N)=O)C(=O)N[C@@H](CCCNC(=N)N)C(=O)N[C@H](C(=O)N[C@@H](Cc1ccccc1)C(=O)O)C(C)C. The average molecular weight is 820 g/mol. The number of hydrogen-bond acceptors (Lipinski definition) is 11. The van der Waals surface area contributed by atoms with Crippen LogP contribution in [0.5, 0.6) is 0 Å². The van der Waals surface area contributed by atoms with E-state index in [0.717, 1.165) is 0 Å². The summed E-state index contributed by atoms with van der Waals surface area (Å²) in [4.78, 5) is 103. The highest BCUT2D eigenvalue weighted by atomic mass is 16.4. The van der Waals surface area contributed by atoms with Crippen LogP contribution in [-0.2, 0) is 44.8 Å². The van der Waals surface area contributed by atoms with Gasteiger partial charge in [0.05, 0.1) is 12.6 Å². The minimum absolute atomic E-state index is 0.0372. The number of benzene rings is 1. The van der Waals surface area contributed by atoms with E-state index in [-0.39, 0.29) is 44.1 Å². The number of aliphatic carboxylic acids is 1. The van der Waals surface area contributed by atoms with Crippen LogP contribution < -0.4 is 54.4 Å². The molecule has 0 bridgehead atoms. The molecule has 1 aromatic rings. The number of nitrogens with two attached hydrogens (primary N) is 3. The second kappa shape index (κ2) is 25.4. The zero-order valence-corrected chi connectivity index (χ0v) is 33.6. The van der Waals surface area contributed by atoms with Gasteiger partial charge in [-0.3, -0.25) is 39.0 Å². The van der Waals surface area contributed by atoms with Gasteiger partial charge in [0.15, 0.2) is 5.96 Å². The number of carbonyl (C=O) groups is 8. The van der Waals surface area contributed by atoms with E-state index in [9.17, 15) is 48.6 Å². The monoisotopic (exact) mass is 819 g/mol. The summed E-state index contributed by atoms with van der Waals surface area (Å²) < 4.78 is 0. The first-order chi connectivity index (χ1) is 27.2. The third-order valence-corrected chi connectivity index (χ3v) is 8.70. The predicted molar refractivity (Wildman–Crippen MR) is 212 cm³/mol. The molecule has 7 atom stereocenters. The van der Waals surface area contributed by atoms with E-state index in [1.165, 1.54) is 6.92 Å². The Labute approximate surface area is 337 Å². The molecule has 0 aliphatic heterocycles. The van der Waals surface area contributed by atoms with Crippen LogP contribution in [0.3, 0.4) is 0 Å². The Hall–Kier alpha value is -5.83. The van der Waals surface area contributed by atoms with E-state index < -0.39 is 109 Å². The molecule has 1 aromatic carbocycles. The number of primary amides is 1. The Kier molecular flexibility index (Phi) is 22.0. The van der Waals surface area contributed by atoms with Crippen molar-refractivity contribution in [1.82, 2.24) is 37.2 Å². The van der Waals surface area contributed by atoms with E-state index in [1.54, 1.807) is 44.2 Å². The Morgan fingerprint density at radius 3 is 1.74 bits per heavy atom. The van der Waals surface area contributed by atoms with Crippen LogP contribution in [-0.4, -0.2) is 119 Å². The molecule has 324 valence electrons. The van der Waals surface area contributed by atoms with Gasteiger partial charge in [-0.05, 0) is 50.0 Å². The van der Waals surface area contributed by atoms with Crippen molar-refractivity contribution in [2.24, 2.45) is 29.0 Å². The van der Waals surface area contributed by atoms with Gasteiger partial charge in [-0.2, -0.15) is 0 Å². The highest BCUT2D eigenvalue weighted by Crippen LogP contribution is 2.10. The van der Waals surface area contributed by atoms with Crippen LogP contribution in [0.25, 0.3) is 0 Å². The number of aliphatic hydroxyl groups excluding tert-OH is 1. The topological polar surface area (TPSA) is 363 Å². The molecule has 21 nitrogen and oxygen atoms in total. The van der Waals surface area contributed by atoms with Crippen molar-refractivity contribution in [3.63, 3.8) is 0 Å². The van der Waals surface area contributed by atoms with Crippen LogP contribution in [0.15, 0.2) is 30.3 Å². The summed E-state index contributed by atoms with van der Waals surface area (Å²) in [5.41, 5.74) is 17.2.